The fraction of sp³-hybridized carbons (Fsp3) is 0.211. The average molecular weight is 360 g/mol. The molecule has 0 spiro atoms. The predicted molar refractivity (Wildman–Crippen MR) is 96.8 cm³/mol. The van der Waals surface area contributed by atoms with Crippen LogP contribution in [0.2, 0.25) is 0 Å². The highest BCUT2D eigenvalue weighted by molar-refractivity contribution is 5.92. The summed E-state index contributed by atoms with van der Waals surface area (Å²) in [5, 5.41) is 23.5. The van der Waals surface area contributed by atoms with E-state index in [1.807, 2.05) is 29.0 Å². The molecule has 0 bridgehead atoms. The number of rotatable bonds is 6. The molecule has 1 saturated carbocycles. The van der Waals surface area contributed by atoms with Crippen molar-refractivity contribution in [2.24, 2.45) is 0 Å². The first kappa shape index (κ1) is 16.7. The number of ether oxygens (including phenoxy) is 1. The van der Waals surface area contributed by atoms with Crippen molar-refractivity contribution < 1.29 is 9.53 Å². The van der Waals surface area contributed by atoms with Gasteiger partial charge in [-0.25, -0.2) is 4.68 Å². The van der Waals surface area contributed by atoms with Crippen LogP contribution in [0.15, 0.2) is 48.5 Å². The number of tetrazole rings is 1. The van der Waals surface area contributed by atoms with Crippen LogP contribution in [-0.4, -0.2) is 32.7 Å². The van der Waals surface area contributed by atoms with Crippen molar-refractivity contribution in [3.63, 3.8) is 0 Å². The molecule has 1 aliphatic rings. The lowest BCUT2D eigenvalue weighted by atomic mass is 10.2. The second-order valence-electron chi connectivity index (χ2n) is 6.23. The van der Waals surface area contributed by atoms with Gasteiger partial charge in [0.05, 0.1) is 17.7 Å². The van der Waals surface area contributed by atoms with Crippen LogP contribution in [0.4, 0.5) is 5.69 Å². The van der Waals surface area contributed by atoms with E-state index in [1.54, 1.807) is 30.3 Å². The lowest BCUT2D eigenvalue weighted by Gasteiger charge is -2.09. The van der Waals surface area contributed by atoms with Crippen molar-refractivity contribution in [2.45, 2.75) is 18.9 Å². The Hall–Kier alpha value is -3.73. The Bertz CT molecular complexity index is 1000. The molecule has 0 saturated heterocycles. The lowest BCUT2D eigenvalue weighted by Crippen LogP contribution is -2.20. The number of amides is 1. The summed E-state index contributed by atoms with van der Waals surface area (Å²) in [4.78, 5) is 12.2. The summed E-state index contributed by atoms with van der Waals surface area (Å²) in [6.45, 7) is -0.129. The normalized spacial score (nSPS) is 13.0. The van der Waals surface area contributed by atoms with E-state index in [9.17, 15) is 4.79 Å². The van der Waals surface area contributed by atoms with E-state index >= 15 is 0 Å². The van der Waals surface area contributed by atoms with Gasteiger partial charge >= 0.3 is 0 Å². The molecule has 1 heterocycles. The largest absolute Gasteiger partial charge is 0.484 e. The van der Waals surface area contributed by atoms with Crippen LogP contribution < -0.4 is 10.1 Å². The smallest absolute Gasteiger partial charge is 0.262 e. The quantitative estimate of drug-likeness (QED) is 0.724. The molecular formula is C19H16N6O2. The predicted octanol–water partition coefficient (Wildman–Crippen LogP) is 2.56. The van der Waals surface area contributed by atoms with Gasteiger partial charge in [-0.2, -0.15) is 5.26 Å². The molecule has 1 aromatic heterocycles. The molecule has 8 nitrogen and oxygen atoms in total. The summed E-state index contributed by atoms with van der Waals surface area (Å²) in [5.41, 5.74) is 2.03. The third kappa shape index (κ3) is 3.93. The molecule has 0 unspecified atom stereocenters. The van der Waals surface area contributed by atoms with Gasteiger partial charge in [-0.05, 0) is 59.7 Å². The zero-order valence-corrected chi connectivity index (χ0v) is 14.4. The molecular weight excluding hydrogens is 344 g/mol. The number of hydrogen-bond acceptors (Lipinski definition) is 6. The Morgan fingerprint density at radius 1 is 1.26 bits per heavy atom. The summed E-state index contributed by atoms with van der Waals surface area (Å²) in [5.74, 6) is 0.947. The van der Waals surface area contributed by atoms with Crippen LogP contribution in [-0.2, 0) is 4.79 Å². The zero-order chi connectivity index (χ0) is 18.6. The van der Waals surface area contributed by atoms with Crippen LogP contribution in [0.25, 0.3) is 11.4 Å². The second-order valence-corrected chi connectivity index (χ2v) is 6.23. The number of nitrogens with zero attached hydrogens (tertiary/aromatic N) is 5. The molecule has 0 radical (unpaired) electrons. The van der Waals surface area contributed by atoms with E-state index in [0.717, 1.165) is 18.4 Å². The molecule has 4 rings (SSSR count). The van der Waals surface area contributed by atoms with Crippen molar-refractivity contribution in [3.05, 3.63) is 54.1 Å². The van der Waals surface area contributed by atoms with E-state index < -0.39 is 0 Å². The van der Waals surface area contributed by atoms with E-state index in [0.29, 0.717) is 28.9 Å². The van der Waals surface area contributed by atoms with Gasteiger partial charge in [-0.15, -0.1) is 5.10 Å². The molecule has 8 heteroatoms. The van der Waals surface area contributed by atoms with Gasteiger partial charge in [0.1, 0.15) is 5.75 Å². The summed E-state index contributed by atoms with van der Waals surface area (Å²) < 4.78 is 7.27. The maximum Gasteiger partial charge on any atom is 0.262 e. The van der Waals surface area contributed by atoms with Crippen LogP contribution in [0.3, 0.4) is 0 Å². The van der Waals surface area contributed by atoms with Gasteiger partial charge in [-0.1, -0.05) is 12.1 Å². The van der Waals surface area contributed by atoms with Crippen LogP contribution in [0.5, 0.6) is 5.75 Å². The maximum absolute atomic E-state index is 12.2. The minimum absolute atomic E-state index is 0.129. The lowest BCUT2D eigenvalue weighted by molar-refractivity contribution is -0.118. The number of hydrogen-bond donors (Lipinski definition) is 1. The first-order chi connectivity index (χ1) is 13.2. The average Bonchev–Trinajstić information content (AvgIpc) is 3.43. The Morgan fingerprint density at radius 3 is 2.81 bits per heavy atom. The van der Waals surface area contributed by atoms with Gasteiger partial charge in [-0.3, -0.25) is 4.79 Å². The summed E-state index contributed by atoms with van der Waals surface area (Å²) in [6.07, 6.45) is 2.17. The van der Waals surface area contributed by atoms with Gasteiger partial charge in [0.15, 0.2) is 12.4 Å². The molecule has 27 heavy (non-hydrogen) atoms. The van der Waals surface area contributed by atoms with Crippen molar-refractivity contribution in [2.75, 3.05) is 11.9 Å². The second kappa shape index (κ2) is 7.25. The highest BCUT2D eigenvalue weighted by Gasteiger charge is 2.28. The highest BCUT2D eigenvalue weighted by Crippen LogP contribution is 2.36. The minimum atomic E-state index is -0.279. The molecule has 1 fully saturated rings. The molecule has 1 N–H and O–H groups in total. The van der Waals surface area contributed by atoms with Crippen molar-refractivity contribution in [1.82, 2.24) is 20.2 Å². The molecule has 3 aromatic rings. The zero-order valence-electron chi connectivity index (χ0n) is 14.4. The number of anilines is 1. The topological polar surface area (TPSA) is 106 Å². The van der Waals surface area contributed by atoms with Crippen molar-refractivity contribution >= 4 is 11.6 Å². The Balaban J connectivity index is 1.39. The Labute approximate surface area is 155 Å². The first-order valence-electron chi connectivity index (χ1n) is 8.54. The number of aromatic nitrogens is 4. The fourth-order valence-corrected chi connectivity index (χ4v) is 2.66. The van der Waals surface area contributed by atoms with Crippen molar-refractivity contribution in [1.29, 1.82) is 5.26 Å². The number of nitriles is 1. The van der Waals surface area contributed by atoms with Gasteiger partial charge in [0, 0.05) is 11.3 Å². The van der Waals surface area contributed by atoms with E-state index in [4.69, 9.17) is 10.00 Å². The standard InChI is InChI=1S/C19H16N6O2/c20-11-13-4-8-17(9-5-13)27-12-18(26)21-15-3-1-2-14(10-15)19-22-23-24-25(19)16-6-7-16/h1-5,8-10,16H,6-7,12H2,(H,21,26). The summed E-state index contributed by atoms with van der Waals surface area (Å²) in [7, 11) is 0. The third-order valence-electron chi connectivity index (χ3n) is 4.14. The molecule has 134 valence electrons. The number of nitrogens with one attached hydrogen (secondary N) is 1. The first-order valence-corrected chi connectivity index (χ1v) is 8.54. The van der Waals surface area contributed by atoms with E-state index in [1.165, 1.54) is 0 Å². The molecule has 0 atom stereocenters. The van der Waals surface area contributed by atoms with E-state index in [2.05, 4.69) is 20.8 Å². The van der Waals surface area contributed by atoms with Gasteiger partial charge in [0.2, 0.25) is 0 Å². The maximum atomic E-state index is 12.2. The Morgan fingerprint density at radius 2 is 2.07 bits per heavy atom. The molecule has 2 aromatic carbocycles. The molecule has 1 amide bonds. The monoisotopic (exact) mass is 360 g/mol. The van der Waals surface area contributed by atoms with Crippen LogP contribution >= 0.6 is 0 Å². The highest BCUT2D eigenvalue weighted by atomic mass is 16.5. The minimum Gasteiger partial charge on any atom is -0.484 e. The van der Waals surface area contributed by atoms with Crippen LogP contribution in [0, 0.1) is 11.3 Å². The van der Waals surface area contributed by atoms with Gasteiger partial charge < -0.3 is 10.1 Å². The number of carbonyl (C=O) groups is 1. The summed E-state index contributed by atoms with van der Waals surface area (Å²) >= 11 is 0. The van der Waals surface area contributed by atoms with Gasteiger partial charge in [0.25, 0.3) is 5.91 Å². The van der Waals surface area contributed by atoms with Crippen LogP contribution in [0.1, 0.15) is 24.4 Å². The SMILES string of the molecule is N#Cc1ccc(OCC(=O)Nc2cccc(-c3nnnn3C3CC3)c2)cc1. The fourth-order valence-electron chi connectivity index (χ4n) is 2.66. The Kier molecular flexibility index (Phi) is 4.49. The number of carbonyl (C=O) groups excluding carboxylic acids is 1. The van der Waals surface area contributed by atoms with E-state index in [-0.39, 0.29) is 12.5 Å². The molecule has 0 aliphatic heterocycles. The third-order valence-corrected chi connectivity index (χ3v) is 4.14. The molecule has 1 aliphatic carbocycles. The summed E-state index contributed by atoms with van der Waals surface area (Å²) in [6, 6.07) is 16.4. The number of benzene rings is 2. The van der Waals surface area contributed by atoms with Crippen molar-refractivity contribution in [3.8, 4) is 23.2 Å².